The Morgan fingerprint density at radius 3 is 2.89 bits per heavy atom. The molecule has 1 heterocycles. The number of hydrogen-bond acceptors (Lipinski definition) is 5. The number of carbonyl (C=O) groups excluding carboxylic acids is 3. The molecule has 0 aromatic heterocycles. The first-order chi connectivity index (χ1) is 8.56. The lowest BCUT2D eigenvalue weighted by Crippen LogP contribution is -2.52. The van der Waals surface area contributed by atoms with E-state index in [-0.39, 0.29) is 24.3 Å². The van der Waals surface area contributed by atoms with Gasteiger partial charge in [-0.2, -0.15) is 0 Å². The molecule has 18 heavy (non-hydrogen) atoms. The molecule has 6 nitrogen and oxygen atoms in total. The zero-order chi connectivity index (χ0) is 13.5. The van der Waals surface area contributed by atoms with Crippen LogP contribution in [-0.4, -0.2) is 48.9 Å². The number of unbranched alkanes of at least 4 members (excludes halogenated alkanes) is 1. The number of imide groups is 1. The van der Waals surface area contributed by atoms with E-state index in [1.165, 1.54) is 7.05 Å². The number of ether oxygens (including phenoxy) is 1. The van der Waals surface area contributed by atoms with Crippen molar-refractivity contribution in [3.63, 3.8) is 0 Å². The topological polar surface area (TPSA) is 75.7 Å². The summed E-state index contributed by atoms with van der Waals surface area (Å²) < 4.78 is 4.96. The third kappa shape index (κ3) is 4.10. The molecular formula is C12H20N2O4. The molecule has 1 saturated heterocycles. The van der Waals surface area contributed by atoms with Crippen molar-refractivity contribution in [1.82, 2.24) is 10.2 Å². The minimum Gasteiger partial charge on any atom is -0.465 e. The lowest BCUT2D eigenvalue weighted by molar-refractivity contribution is -0.148. The van der Waals surface area contributed by atoms with Gasteiger partial charge in [0.25, 0.3) is 0 Å². The van der Waals surface area contributed by atoms with Crippen molar-refractivity contribution in [3.8, 4) is 0 Å². The second-order valence-corrected chi connectivity index (χ2v) is 4.34. The first-order valence-corrected chi connectivity index (χ1v) is 6.25. The SMILES string of the molecule is CCCCOC(=O)CNC1CCC(=O)N(C)C1=O. The lowest BCUT2D eigenvalue weighted by Gasteiger charge is -2.27. The van der Waals surface area contributed by atoms with Crippen LogP contribution in [-0.2, 0) is 19.1 Å². The smallest absolute Gasteiger partial charge is 0.319 e. The highest BCUT2D eigenvalue weighted by atomic mass is 16.5. The quantitative estimate of drug-likeness (QED) is 0.413. The van der Waals surface area contributed by atoms with E-state index in [1.807, 2.05) is 6.92 Å². The molecule has 102 valence electrons. The van der Waals surface area contributed by atoms with Crippen LogP contribution in [0.15, 0.2) is 0 Å². The maximum absolute atomic E-state index is 11.7. The first-order valence-electron chi connectivity index (χ1n) is 6.25. The molecule has 0 spiro atoms. The van der Waals surface area contributed by atoms with Crippen LogP contribution >= 0.6 is 0 Å². The number of carbonyl (C=O) groups is 3. The summed E-state index contributed by atoms with van der Waals surface area (Å²) in [4.78, 5) is 35.4. The molecule has 1 rings (SSSR count). The standard InChI is InChI=1S/C12H20N2O4/c1-3-4-7-18-11(16)8-13-9-5-6-10(15)14(2)12(9)17/h9,13H,3-8H2,1-2H3. The van der Waals surface area contributed by atoms with Crippen molar-refractivity contribution >= 4 is 17.8 Å². The minimum atomic E-state index is -0.466. The highest BCUT2D eigenvalue weighted by Crippen LogP contribution is 2.10. The number of rotatable bonds is 6. The average Bonchev–Trinajstić information content (AvgIpc) is 2.35. The Hall–Kier alpha value is -1.43. The molecule has 0 aromatic carbocycles. The monoisotopic (exact) mass is 256 g/mol. The third-order valence-corrected chi connectivity index (χ3v) is 2.90. The molecule has 0 saturated carbocycles. The Balaban J connectivity index is 2.28. The number of likely N-dealkylation sites (tertiary alicyclic amines) is 1. The van der Waals surface area contributed by atoms with E-state index in [1.54, 1.807) is 0 Å². The molecule has 1 fully saturated rings. The first kappa shape index (κ1) is 14.6. The molecule has 2 amide bonds. The van der Waals surface area contributed by atoms with Crippen LogP contribution in [0.25, 0.3) is 0 Å². The van der Waals surface area contributed by atoms with Crippen LogP contribution in [0.4, 0.5) is 0 Å². The molecule has 1 aliphatic rings. The summed E-state index contributed by atoms with van der Waals surface area (Å²) in [6, 6.07) is -0.466. The fourth-order valence-corrected chi connectivity index (χ4v) is 1.69. The highest BCUT2D eigenvalue weighted by Gasteiger charge is 2.31. The van der Waals surface area contributed by atoms with Gasteiger partial charge in [-0.1, -0.05) is 13.3 Å². The number of piperidine rings is 1. The highest BCUT2D eigenvalue weighted by molar-refractivity contribution is 6.00. The summed E-state index contributed by atoms with van der Waals surface area (Å²) in [5.41, 5.74) is 0. The maximum Gasteiger partial charge on any atom is 0.319 e. The normalized spacial score (nSPS) is 20.1. The number of nitrogens with one attached hydrogen (secondary N) is 1. The molecule has 1 unspecified atom stereocenters. The number of amides is 2. The maximum atomic E-state index is 11.7. The zero-order valence-corrected chi connectivity index (χ0v) is 10.9. The van der Waals surface area contributed by atoms with Gasteiger partial charge in [-0.05, 0) is 12.8 Å². The zero-order valence-electron chi connectivity index (χ0n) is 10.9. The minimum absolute atomic E-state index is 0.00213. The van der Waals surface area contributed by atoms with Crippen LogP contribution in [0.1, 0.15) is 32.6 Å². The molecule has 6 heteroatoms. The number of hydrogen-bond donors (Lipinski definition) is 1. The van der Waals surface area contributed by atoms with Crippen LogP contribution in [0, 0.1) is 0 Å². The molecule has 1 aliphatic heterocycles. The van der Waals surface area contributed by atoms with E-state index in [0.29, 0.717) is 19.4 Å². The molecule has 0 aromatic rings. The second kappa shape index (κ2) is 7.10. The van der Waals surface area contributed by atoms with Crippen LogP contribution in [0.5, 0.6) is 0 Å². The van der Waals surface area contributed by atoms with Crippen molar-refractivity contribution in [2.24, 2.45) is 0 Å². The fraction of sp³-hybridized carbons (Fsp3) is 0.750. The summed E-state index contributed by atoms with van der Waals surface area (Å²) in [6.07, 6.45) is 2.56. The Labute approximate surface area is 107 Å². The van der Waals surface area contributed by atoms with E-state index < -0.39 is 6.04 Å². The van der Waals surface area contributed by atoms with Crippen molar-refractivity contribution in [3.05, 3.63) is 0 Å². The lowest BCUT2D eigenvalue weighted by atomic mass is 10.0. The Kier molecular flexibility index (Phi) is 5.77. The van der Waals surface area contributed by atoms with Gasteiger partial charge in [0.15, 0.2) is 0 Å². The Bertz CT molecular complexity index is 330. The van der Waals surface area contributed by atoms with Gasteiger partial charge in [-0.25, -0.2) is 0 Å². The van der Waals surface area contributed by atoms with Gasteiger partial charge in [0, 0.05) is 13.5 Å². The predicted molar refractivity (Wildman–Crippen MR) is 64.7 cm³/mol. The molecule has 1 N–H and O–H groups in total. The molecule has 1 atom stereocenters. The molecule has 0 radical (unpaired) electrons. The van der Waals surface area contributed by atoms with Crippen LogP contribution in [0.2, 0.25) is 0 Å². The van der Waals surface area contributed by atoms with Crippen LogP contribution < -0.4 is 5.32 Å². The Morgan fingerprint density at radius 2 is 2.22 bits per heavy atom. The predicted octanol–water partition coefficient (Wildman–Crippen LogP) is 0.0667. The summed E-state index contributed by atoms with van der Waals surface area (Å²) in [6.45, 7) is 2.43. The summed E-state index contributed by atoms with van der Waals surface area (Å²) in [5, 5.41) is 2.83. The van der Waals surface area contributed by atoms with Gasteiger partial charge in [-0.3, -0.25) is 24.6 Å². The van der Waals surface area contributed by atoms with Gasteiger partial charge in [0.05, 0.1) is 19.2 Å². The number of nitrogens with zero attached hydrogens (tertiary/aromatic N) is 1. The van der Waals surface area contributed by atoms with Crippen molar-refractivity contribution < 1.29 is 19.1 Å². The largest absolute Gasteiger partial charge is 0.465 e. The van der Waals surface area contributed by atoms with E-state index in [2.05, 4.69) is 5.32 Å². The summed E-state index contributed by atoms with van der Waals surface area (Å²) in [7, 11) is 1.46. The van der Waals surface area contributed by atoms with E-state index >= 15 is 0 Å². The van der Waals surface area contributed by atoms with E-state index in [4.69, 9.17) is 4.74 Å². The van der Waals surface area contributed by atoms with Crippen molar-refractivity contribution in [2.45, 2.75) is 38.6 Å². The van der Waals surface area contributed by atoms with Gasteiger partial charge in [-0.15, -0.1) is 0 Å². The van der Waals surface area contributed by atoms with Crippen LogP contribution in [0.3, 0.4) is 0 Å². The third-order valence-electron chi connectivity index (χ3n) is 2.90. The molecule has 0 aliphatic carbocycles. The molecular weight excluding hydrogens is 236 g/mol. The summed E-state index contributed by atoms with van der Waals surface area (Å²) >= 11 is 0. The second-order valence-electron chi connectivity index (χ2n) is 4.34. The molecule has 0 bridgehead atoms. The summed E-state index contributed by atoms with van der Waals surface area (Å²) in [5.74, 6) is -0.827. The fourth-order valence-electron chi connectivity index (χ4n) is 1.69. The number of likely N-dealkylation sites (N-methyl/N-ethyl adjacent to an activating group) is 1. The van der Waals surface area contributed by atoms with Gasteiger partial charge in [0.2, 0.25) is 11.8 Å². The Morgan fingerprint density at radius 1 is 1.50 bits per heavy atom. The van der Waals surface area contributed by atoms with Gasteiger partial charge >= 0.3 is 5.97 Å². The van der Waals surface area contributed by atoms with E-state index in [9.17, 15) is 14.4 Å². The number of esters is 1. The van der Waals surface area contributed by atoms with Crippen molar-refractivity contribution in [1.29, 1.82) is 0 Å². The van der Waals surface area contributed by atoms with Gasteiger partial charge < -0.3 is 4.74 Å². The average molecular weight is 256 g/mol. The van der Waals surface area contributed by atoms with E-state index in [0.717, 1.165) is 17.7 Å². The van der Waals surface area contributed by atoms with Crippen molar-refractivity contribution in [2.75, 3.05) is 20.2 Å². The van der Waals surface area contributed by atoms with Gasteiger partial charge in [0.1, 0.15) is 0 Å².